The highest BCUT2D eigenvalue weighted by Gasteiger charge is 2.15. The molecule has 3 aromatic rings. The molecule has 6 nitrogen and oxygen atoms in total. The number of carbonyl (C=O) groups is 1. The molecule has 0 aliphatic heterocycles. The molecule has 0 radical (unpaired) electrons. The van der Waals surface area contributed by atoms with E-state index in [2.05, 4.69) is 15.8 Å². The second-order valence-electron chi connectivity index (χ2n) is 5.57. The highest BCUT2D eigenvalue weighted by molar-refractivity contribution is 7.80. The van der Waals surface area contributed by atoms with Crippen molar-refractivity contribution in [2.75, 3.05) is 5.32 Å². The molecule has 3 rings (SSSR count). The summed E-state index contributed by atoms with van der Waals surface area (Å²) >= 11 is 13.5. The summed E-state index contributed by atoms with van der Waals surface area (Å²) < 4.78 is 0. The van der Waals surface area contributed by atoms with Gasteiger partial charge in [0.1, 0.15) is 10.6 Å². The summed E-state index contributed by atoms with van der Waals surface area (Å²) in [5.41, 5.74) is 4.70. The van der Waals surface area contributed by atoms with Gasteiger partial charge in [-0.05, 0) is 49.0 Å². The van der Waals surface area contributed by atoms with E-state index in [0.29, 0.717) is 21.3 Å². The molecule has 2 heterocycles. The van der Waals surface area contributed by atoms with E-state index in [1.54, 1.807) is 25.1 Å². The van der Waals surface area contributed by atoms with Gasteiger partial charge in [0.15, 0.2) is 5.11 Å². The van der Waals surface area contributed by atoms with Gasteiger partial charge in [-0.1, -0.05) is 23.7 Å². The van der Waals surface area contributed by atoms with Crippen LogP contribution >= 0.6 is 46.5 Å². The second-order valence-corrected chi connectivity index (χ2v) is 8.37. The largest absolute Gasteiger partial charge is 0.506 e. The van der Waals surface area contributed by atoms with Crippen LogP contribution in [0.1, 0.15) is 22.2 Å². The van der Waals surface area contributed by atoms with E-state index >= 15 is 0 Å². The molecule has 144 valence electrons. The van der Waals surface area contributed by atoms with E-state index in [1.165, 1.54) is 17.4 Å². The number of nitrogens with one attached hydrogen (secondary N) is 2. The number of rotatable bonds is 5. The van der Waals surface area contributed by atoms with E-state index in [-0.39, 0.29) is 15.7 Å². The predicted octanol–water partition coefficient (Wildman–Crippen LogP) is 5.24. The lowest BCUT2D eigenvalue weighted by molar-refractivity contribution is 0.0702. The maximum absolute atomic E-state index is 10.9. The van der Waals surface area contributed by atoms with Crippen molar-refractivity contribution in [3.63, 3.8) is 0 Å². The molecule has 28 heavy (non-hydrogen) atoms. The van der Waals surface area contributed by atoms with Gasteiger partial charge in [-0.3, -0.25) is 5.43 Å². The summed E-state index contributed by atoms with van der Waals surface area (Å²) in [5.74, 6) is -0.853. The number of thiocarbonyl (C=S) groups is 1. The molecule has 0 spiro atoms. The monoisotopic (exact) mass is 451 g/mol. The average molecular weight is 452 g/mol. The minimum absolute atomic E-state index is 0.138. The van der Waals surface area contributed by atoms with Crippen molar-refractivity contribution in [1.29, 1.82) is 0 Å². The van der Waals surface area contributed by atoms with Gasteiger partial charge >= 0.3 is 5.97 Å². The number of thiophene rings is 2. The van der Waals surface area contributed by atoms with E-state index in [0.717, 1.165) is 21.8 Å². The van der Waals surface area contributed by atoms with Crippen LogP contribution in [0.15, 0.2) is 46.9 Å². The van der Waals surface area contributed by atoms with Crippen molar-refractivity contribution in [1.82, 2.24) is 5.43 Å². The van der Waals surface area contributed by atoms with Gasteiger partial charge < -0.3 is 15.5 Å². The van der Waals surface area contributed by atoms with Crippen molar-refractivity contribution in [2.45, 2.75) is 6.92 Å². The molecular formula is C18H14ClN3O3S3. The number of benzene rings is 1. The third kappa shape index (κ3) is 4.68. The fourth-order valence-corrected chi connectivity index (χ4v) is 4.38. The standard InChI is InChI=1S/C18H14ClN3O3S3/c1-9(21-22-18(26)20-14-7-6-13(28-14)17(24)25)12-8-27-16(15(12)23)10-2-4-11(19)5-3-10/h2-8,23H,1H3,(H,24,25)(H2,20,22,26)/b21-9+. The molecule has 0 bridgehead atoms. The van der Waals surface area contributed by atoms with Gasteiger partial charge in [-0.15, -0.1) is 22.7 Å². The first kappa shape index (κ1) is 20.3. The van der Waals surface area contributed by atoms with E-state index in [4.69, 9.17) is 28.9 Å². The van der Waals surface area contributed by atoms with Gasteiger partial charge in [-0.25, -0.2) is 4.79 Å². The minimum Gasteiger partial charge on any atom is -0.506 e. The Morgan fingerprint density at radius 3 is 2.57 bits per heavy atom. The molecule has 0 saturated heterocycles. The number of hydrazone groups is 1. The molecular weight excluding hydrogens is 438 g/mol. The van der Waals surface area contributed by atoms with Crippen LogP contribution < -0.4 is 10.7 Å². The highest BCUT2D eigenvalue weighted by atomic mass is 35.5. The number of hydrogen-bond acceptors (Lipinski definition) is 6. The van der Waals surface area contributed by atoms with Gasteiger partial charge in [0.2, 0.25) is 0 Å². The van der Waals surface area contributed by atoms with Gasteiger partial charge in [0.05, 0.1) is 21.2 Å². The summed E-state index contributed by atoms with van der Waals surface area (Å²) in [4.78, 5) is 11.8. The Labute approximate surface area is 179 Å². The molecule has 0 aliphatic rings. The van der Waals surface area contributed by atoms with Crippen molar-refractivity contribution < 1.29 is 15.0 Å². The zero-order valence-electron chi connectivity index (χ0n) is 14.4. The van der Waals surface area contributed by atoms with Crippen LogP contribution in [-0.4, -0.2) is 27.0 Å². The Balaban J connectivity index is 1.68. The maximum atomic E-state index is 10.9. The Morgan fingerprint density at radius 1 is 1.21 bits per heavy atom. The van der Waals surface area contributed by atoms with Gasteiger partial charge in [0.25, 0.3) is 0 Å². The quantitative estimate of drug-likeness (QED) is 0.240. The van der Waals surface area contributed by atoms with Crippen LogP contribution in [0.4, 0.5) is 5.00 Å². The summed E-state index contributed by atoms with van der Waals surface area (Å²) in [7, 11) is 0. The number of halogens is 1. The maximum Gasteiger partial charge on any atom is 0.345 e. The predicted molar refractivity (Wildman–Crippen MR) is 119 cm³/mol. The van der Waals surface area contributed by atoms with Crippen LogP contribution in [0, 0.1) is 0 Å². The first-order chi connectivity index (χ1) is 13.3. The minimum atomic E-state index is -0.991. The second kappa shape index (κ2) is 8.70. The molecule has 10 heteroatoms. The first-order valence-electron chi connectivity index (χ1n) is 7.86. The molecule has 2 aromatic heterocycles. The lowest BCUT2D eigenvalue weighted by Gasteiger charge is -2.06. The van der Waals surface area contributed by atoms with Crippen LogP contribution in [-0.2, 0) is 0 Å². The smallest absolute Gasteiger partial charge is 0.345 e. The lowest BCUT2D eigenvalue weighted by atomic mass is 10.1. The molecule has 0 saturated carbocycles. The number of nitrogens with zero attached hydrogens (tertiary/aromatic N) is 1. The molecule has 0 unspecified atom stereocenters. The Hall–Kier alpha value is -2.46. The molecule has 1 aromatic carbocycles. The Morgan fingerprint density at radius 2 is 1.93 bits per heavy atom. The summed E-state index contributed by atoms with van der Waals surface area (Å²) in [5, 5.41) is 29.8. The fourth-order valence-electron chi connectivity index (χ4n) is 2.27. The zero-order valence-corrected chi connectivity index (χ0v) is 17.6. The Bertz CT molecular complexity index is 1060. The van der Waals surface area contributed by atoms with E-state index < -0.39 is 5.97 Å². The number of anilines is 1. The molecule has 0 fully saturated rings. The normalized spacial score (nSPS) is 11.3. The highest BCUT2D eigenvalue weighted by Crippen LogP contribution is 2.39. The van der Waals surface area contributed by atoms with Crippen LogP contribution in [0.3, 0.4) is 0 Å². The van der Waals surface area contributed by atoms with E-state index in [1.807, 2.05) is 17.5 Å². The number of aromatic carboxylic acids is 1. The van der Waals surface area contributed by atoms with Crippen LogP contribution in [0.2, 0.25) is 5.02 Å². The number of carboxylic acid groups (broad SMARTS) is 1. The molecule has 4 N–H and O–H groups in total. The van der Waals surface area contributed by atoms with Crippen molar-refractivity contribution in [2.24, 2.45) is 5.10 Å². The molecule has 0 atom stereocenters. The van der Waals surface area contributed by atoms with Crippen molar-refractivity contribution in [3.05, 3.63) is 57.2 Å². The Kier molecular flexibility index (Phi) is 6.30. The SMILES string of the molecule is C/C(=N\NC(=S)Nc1ccc(C(=O)O)s1)c1csc(-c2ccc(Cl)cc2)c1O. The average Bonchev–Trinajstić information content (AvgIpc) is 3.27. The fraction of sp³-hybridized carbons (Fsp3) is 0.0556. The summed E-state index contributed by atoms with van der Waals surface area (Å²) in [6.45, 7) is 1.75. The number of aromatic hydroxyl groups is 1. The summed E-state index contributed by atoms with van der Waals surface area (Å²) in [6, 6.07) is 10.3. The van der Waals surface area contributed by atoms with Gasteiger partial charge in [0, 0.05) is 10.4 Å². The van der Waals surface area contributed by atoms with Crippen molar-refractivity contribution >= 4 is 68.3 Å². The molecule has 0 aliphatic carbocycles. The molecule has 0 amide bonds. The van der Waals surface area contributed by atoms with Crippen LogP contribution in [0.25, 0.3) is 10.4 Å². The topological polar surface area (TPSA) is 94.0 Å². The van der Waals surface area contributed by atoms with Gasteiger partial charge in [-0.2, -0.15) is 5.10 Å². The third-order valence-electron chi connectivity index (χ3n) is 3.64. The first-order valence-corrected chi connectivity index (χ1v) is 10.3. The van der Waals surface area contributed by atoms with E-state index in [9.17, 15) is 9.90 Å². The number of carboxylic acids is 1. The summed E-state index contributed by atoms with van der Waals surface area (Å²) in [6.07, 6.45) is 0. The van der Waals surface area contributed by atoms with Crippen LogP contribution in [0.5, 0.6) is 5.75 Å². The number of hydrogen-bond donors (Lipinski definition) is 4. The lowest BCUT2D eigenvalue weighted by Crippen LogP contribution is -2.24. The zero-order chi connectivity index (χ0) is 20.3. The third-order valence-corrected chi connectivity index (χ3v) is 6.09. The van der Waals surface area contributed by atoms with Crippen molar-refractivity contribution in [3.8, 4) is 16.2 Å².